The number of amides is 3. The molecule has 34 heavy (non-hydrogen) atoms. The number of fused-ring (bicyclic) bond motifs is 8. The lowest BCUT2D eigenvalue weighted by Crippen LogP contribution is -2.54. The minimum absolute atomic E-state index is 0.112. The third kappa shape index (κ3) is 2.18. The van der Waals surface area contributed by atoms with Crippen molar-refractivity contribution in [2.75, 3.05) is 16.8 Å². The molecule has 4 atom stereocenters. The van der Waals surface area contributed by atoms with Gasteiger partial charge in [0.2, 0.25) is 17.7 Å². The lowest BCUT2D eigenvalue weighted by atomic mass is 9.75. The smallest absolute Gasteiger partial charge is 0.250 e. The number of benzene rings is 3. The summed E-state index contributed by atoms with van der Waals surface area (Å²) in [6, 6.07) is 17.5. The van der Waals surface area contributed by atoms with Crippen LogP contribution in [0.15, 0.2) is 54.6 Å². The number of anilines is 2. The summed E-state index contributed by atoms with van der Waals surface area (Å²) in [7, 11) is 0. The van der Waals surface area contributed by atoms with E-state index in [0.29, 0.717) is 12.2 Å². The first-order valence-corrected chi connectivity index (χ1v) is 12.0. The number of nitrogens with one attached hydrogen (secondary N) is 1. The van der Waals surface area contributed by atoms with Crippen molar-refractivity contribution in [3.8, 4) is 0 Å². The van der Waals surface area contributed by atoms with E-state index in [2.05, 4.69) is 16.3 Å². The predicted octanol–water partition coefficient (Wildman–Crippen LogP) is 3.89. The fourth-order valence-electron chi connectivity index (χ4n) is 7.30. The van der Waals surface area contributed by atoms with E-state index in [9.17, 15) is 14.4 Å². The number of carbonyl (C=O) groups excluding carboxylic acids is 3. The summed E-state index contributed by atoms with van der Waals surface area (Å²) >= 11 is 0. The average molecular weight is 452 g/mol. The van der Waals surface area contributed by atoms with Gasteiger partial charge in [0.15, 0.2) is 0 Å². The Morgan fingerprint density at radius 3 is 2.62 bits per heavy atom. The lowest BCUT2D eigenvalue weighted by Gasteiger charge is -2.37. The molecule has 4 heterocycles. The molecule has 170 valence electrons. The molecule has 3 aromatic rings. The van der Waals surface area contributed by atoms with Crippen LogP contribution in [0.25, 0.3) is 10.8 Å². The number of imide groups is 1. The van der Waals surface area contributed by atoms with Gasteiger partial charge >= 0.3 is 0 Å². The summed E-state index contributed by atoms with van der Waals surface area (Å²) in [6.07, 6.45) is 1.73. The molecule has 1 spiro atoms. The van der Waals surface area contributed by atoms with Gasteiger partial charge in [-0.05, 0) is 50.2 Å². The summed E-state index contributed by atoms with van der Waals surface area (Å²) in [5.74, 6) is -1.86. The Kier molecular flexibility index (Phi) is 3.83. The third-order valence-electron chi connectivity index (χ3n) is 8.45. The maximum atomic E-state index is 14.3. The molecule has 0 bridgehead atoms. The van der Waals surface area contributed by atoms with Crippen molar-refractivity contribution in [2.45, 2.75) is 38.3 Å². The Hall–Kier alpha value is -3.51. The highest BCUT2D eigenvalue weighted by atomic mass is 16.2. The standard InChI is InChI=1S/C28H25N3O3/c1-15-13-16(2)24-19(14-15)28(27(34)29-24)23-22(21-11-6-12-30(21)28)25(32)31(26(23)33)20-10-5-8-17-7-3-4-9-18(17)20/h3-5,7-10,13-14,21-23H,6,11-12H2,1-2H3,(H,29,34)/t21-,22+,23-,28+/m0/s1. The van der Waals surface area contributed by atoms with E-state index in [1.807, 2.05) is 62.4 Å². The van der Waals surface area contributed by atoms with Gasteiger partial charge in [-0.1, -0.05) is 54.1 Å². The molecule has 4 aliphatic heterocycles. The van der Waals surface area contributed by atoms with Gasteiger partial charge in [-0.3, -0.25) is 19.3 Å². The maximum absolute atomic E-state index is 14.3. The predicted molar refractivity (Wildman–Crippen MR) is 129 cm³/mol. The van der Waals surface area contributed by atoms with Crippen molar-refractivity contribution in [1.29, 1.82) is 0 Å². The van der Waals surface area contributed by atoms with Crippen molar-refractivity contribution in [1.82, 2.24) is 4.90 Å². The van der Waals surface area contributed by atoms with Gasteiger partial charge in [0.1, 0.15) is 5.54 Å². The number of aryl methyl sites for hydroxylation is 2. The molecule has 3 fully saturated rings. The fraction of sp³-hybridized carbons (Fsp3) is 0.321. The Morgan fingerprint density at radius 1 is 0.971 bits per heavy atom. The van der Waals surface area contributed by atoms with Gasteiger partial charge in [-0.15, -0.1) is 0 Å². The third-order valence-corrected chi connectivity index (χ3v) is 8.45. The molecule has 6 nitrogen and oxygen atoms in total. The Morgan fingerprint density at radius 2 is 1.76 bits per heavy atom. The molecule has 3 saturated heterocycles. The molecule has 3 amide bonds. The van der Waals surface area contributed by atoms with E-state index in [0.717, 1.165) is 46.0 Å². The minimum Gasteiger partial charge on any atom is -0.324 e. The zero-order chi connectivity index (χ0) is 23.4. The number of carbonyl (C=O) groups is 3. The van der Waals surface area contributed by atoms with Crippen LogP contribution in [0.4, 0.5) is 11.4 Å². The SMILES string of the molecule is Cc1cc(C)c2c(c1)[C@]1(C(=O)N2)[C@@H]2C(=O)N(c3cccc4ccccc34)C(=O)[C@@H]2[C@@H]2CCCN21. The summed E-state index contributed by atoms with van der Waals surface area (Å²) in [5.41, 5.74) is 3.17. The second kappa shape index (κ2) is 6.54. The molecule has 1 N–H and O–H groups in total. The van der Waals surface area contributed by atoms with E-state index < -0.39 is 17.4 Å². The van der Waals surface area contributed by atoms with E-state index in [-0.39, 0.29) is 23.8 Å². The second-order valence-electron chi connectivity index (χ2n) is 10.1. The van der Waals surface area contributed by atoms with Crippen LogP contribution in [-0.2, 0) is 19.9 Å². The largest absolute Gasteiger partial charge is 0.324 e. The number of nitrogens with zero attached hydrogens (tertiary/aromatic N) is 2. The topological polar surface area (TPSA) is 69.7 Å². The highest BCUT2D eigenvalue weighted by Crippen LogP contribution is 2.61. The van der Waals surface area contributed by atoms with Crippen molar-refractivity contribution in [2.24, 2.45) is 11.8 Å². The van der Waals surface area contributed by atoms with Crippen LogP contribution in [0.5, 0.6) is 0 Å². The lowest BCUT2D eigenvalue weighted by molar-refractivity contribution is -0.135. The number of rotatable bonds is 1. The molecular weight excluding hydrogens is 426 g/mol. The number of hydrogen-bond acceptors (Lipinski definition) is 4. The zero-order valence-electron chi connectivity index (χ0n) is 19.2. The molecule has 0 saturated carbocycles. The van der Waals surface area contributed by atoms with Crippen molar-refractivity contribution < 1.29 is 14.4 Å². The van der Waals surface area contributed by atoms with Gasteiger partial charge in [0.25, 0.3) is 0 Å². The van der Waals surface area contributed by atoms with Crippen LogP contribution in [0.1, 0.15) is 29.5 Å². The van der Waals surface area contributed by atoms with Crippen molar-refractivity contribution >= 4 is 39.9 Å². The molecule has 3 aromatic carbocycles. The first-order valence-electron chi connectivity index (χ1n) is 12.0. The van der Waals surface area contributed by atoms with Crippen LogP contribution >= 0.6 is 0 Å². The van der Waals surface area contributed by atoms with Crippen LogP contribution in [0, 0.1) is 25.7 Å². The van der Waals surface area contributed by atoms with E-state index in [4.69, 9.17) is 0 Å². The zero-order valence-corrected chi connectivity index (χ0v) is 19.2. The van der Waals surface area contributed by atoms with Crippen LogP contribution < -0.4 is 10.2 Å². The molecule has 0 aliphatic carbocycles. The Labute approximate surface area is 197 Å². The molecule has 0 radical (unpaired) electrons. The molecule has 6 heteroatoms. The maximum Gasteiger partial charge on any atom is 0.250 e. The van der Waals surface area contributed by atoms with Crippen LogP contribution in [0.2, 0.25) is 0 Å². The monoisotopic (exact) mass is 451 g/mol. The van der Waals surface area contributed by atoms with E-state index in [1.165, 1.54) is 4.90 Å². The number of hydrogen-bond donors (Lipinski definition) is 1. The first-order chi connectivity index (χ1) is 16.4. The molecular formula is C28H25N3O3. The highest BCUT2D eigenvalue weighted by molar-refractivity contribution is 6.28. The van der Waals surface area contributed by atoms with Gasteiger partial charge < -0.3 is 5.32 Å². The summed E-state index contributed by atoms with van der Waals surface area (Å²) in [4.78, 5) is 45.7. The highest BCUT2D eigenvalue weighted by Gasteiger charge is 2.74. The van der Waals surface area contributed by atoms with Crippen molar-refractivity contribution in [3.05, 3.63) is 71.3 Å². The molecule has 0 unspecified atom stereocenters. The minimum atomic E-state index is -1.13. The normalized spacial score (nSPS) is 29.8. The molecule has 0 aromatic heterocycles. The average Bonchev–Trinajstić information content (AvgIpc) is 3.53. The van der Waals surface area contributed by atoms with Gasteiger partial charge in [-0.25, -0.2) is 4.90 Å². The van der Waals surface area contributed by atoms with Crippen LogP contribution in [-0.4, -0.2) is 35.2 Å². The quantitative estimate of drug-likeness (QED) is 0.570. The summed E-state index contributed by atoms with van der Waals surface area (Å²) in [6.45, 7) is 4.72. The van der Waals surface area contributed by atoms with Gasteiger partial charge in [0, 0.05) is 22.7 Å². The van der Waals surface area contributed by atoms with E-state index >= 15 is 0 Å². The first kappa shape index (κ1) is 19.9. The fourth-order valence-corrected chi connectivity index (χ4v) is 7.30. The molecule has 7 rings (SSSR count). The Balaban J connectivity index is 1.47. The second-order valence-corrected chi connectivity index (χ2v) is 10.1. The Bertz CT molecular complexity index is 1440. The van der Waals surface area contributed by atoms with Crippen molar-refractivity contribution in [3.63, 3.8) is 0 Å². The van der Waals surface area contributed by atoms with Gasteiger partial charge in [0.05, 0.1) is 17.5 Å². The summed E-state index contributed by atoms with van der Waals surface area (Å²) in [5, 5.41) is 4.95. The van der Waals surface area contributed by atoms with E-state index in [1.54, 1.807) is 0 Å². The summed E-state index contributed by atoms with van der Waals surface area (Å²) < 4.78 is 0. The molecule has 4 aliphatic rings. The van der Waals surface area contributed by atoms with Gasteiger partial charge in [-0.2, -0.15) is 0 Å². The van der Waals surface area contributed by atoms with Crippen LogP contribution in [0.3, 0.4) is 0 Å².